The van der Waals surface area contributed by atoms with Gasteiger partial charge in [-0.3, -0.25) is 4.79 Å². The molecule has 2 fully saturated rings. The van der Waals surface area contributed by atoms with Crippen LogP contribution in [0.25, 0.3) is 0 Å². The molecule has 2 atom stereocenters. The van der Waals surface area contributed by atoms with Gasteiger partial charge in [-0.15, -0.1) is 22.7 Å². The van der Waals surface area contributed by atoms with Crippen molar-refractivity contribution in [2.45, 2.75) is 103 Å². The van der Waals surface area contributed by atoms with E-state index in [2.05, 4.69) is 79.4 Å². The van der Waals surface area contributed by atoms with Crippen LogP contribution in [0.2, 0.25) is 0 Å². The minimum atomic E-state index is -0.493. The third kappa shape index (κ3) is 5.07. The highest BCUT2D eigenvalue weighted by molar-refractivity contribution is 7.16. The molecule has 5 nitrogen and oxygen atoms in total. The number of aromatic nitrogens is 1. The number of aryl methyl sites for hydroxylation is 3. The fourth-order valence-electron chi connectivity index (χ4n) is 7.17. The first kappa shape index (κ1) is 27.0. The van der Waals surface area contributed by atoms with Crippen molar-refractivity contribution in [2.75, 3.05) is 18.4 Å². The second-order valence-corrected chi connectivity index (χ2v) is 14.5. The Hall–Kier alpha value is -2.22. The summed E-state index contributed by atoms with van der Waals surface area (Å²) in [5.41, 5.74) is 7.99. The van der Waals surface area contributed by atoms with Gasteiger partial charge in [-0.25, -0.2) is 4.98 Å². The van der Waals surface area contributed by atoms with Gasteiger partial charge in [-0.1, -0.05) is 29.3 Å². The van der Waals surface area contributed by atoms with Gasteiger partial charge >= 0.3 is 0 Å². The molecule has 2 saturated heterocycles. The van der Waals surface area contributed by atoms with Gasteiger partial charge in [0.05, 0.1) is 27.7 Å². The summed E-state index contributed by atoms with van der Waals surface area (Å²) in [6.45, 7) is 12.7. The number of benzene rings is 1. The predicted molar refractivity (Wildman–Crippen MR) is 163 cm³/mol. The van der Waals surface area contributed by atoms with Crippen molar-refractivity contribution in [3.8, 4) is 0 Å². The van der Waals surface area contributed by atoms with Gasteiger partial charge in [-0.2, -0.15) is 0 Å². The summed E-state index contributed by atoms with van der Waals surface area (Å²) in [7, 11) is 0. The molecule has 1 amide bonds. The molecule has 3 aliphatic heterocycles. The van der Waals surface area contributed by atoms with Gasteiger partial charge in [0.15, 0.2) is 0 Å². The molecule has 2 aromatic heterocycles. The lowest BCUT2D eigenvalue weighted by Gasteiger charge is -2.32. The van der Waals surface area contributed by atoms with E-state index in [1.165, 1.54) is 62.7 Å². The summed E-state index contributed by atoms with van der Waals surface area (Å²) >= 11 is 3.56. The third-order valence-electron chi connectivity index (χ3n) is 9.30. The van der Waals surface area contributed by atoms with Crippen LogP contribution < -0.4 is 10.6 Å². The maximum absolute atomic E-state index is 13.9. The Morgan fingerprint density at radius 3 is 2.38 bits per heavy atom. The number of fused-ring (bicyclic) bond motifs is 3. The zero-order valence-corrected chi connectivity index (χ0v) is 25.6. The van der Waals surface area contributed by atoms with Crippen LogP contribution in [0.15, 0.2) is 29.8 Å². The van der Waals surface area contributed by atoms with Crippen molar-refractivity contribution < 1.29 is 4.79 Å². The largest absolute Gasteiger partial charge is 0.369 e. The average Bonchev–Trinajstić information content (AvgIpc) is 3.71. The molecule has 0 saturated carbocycles. The molecular formula is C32H42N4OS2. The Morgan fingerprint density at radius 2 is 1.74 bits per heavy atom. The quantitative estimate of drug-likeness (QED) is 0.275. The molecule has 2 N–H and O–H groups in total. The van der Waals surface area contributed by atoms with Crippen LogP contribution in [0.4, 0.5) is 5.00 Å². The molecule has 1 aromatic carbocycles. The Labute approximate surface area is 241 Å². The lowest BCUT2D eigenvalue weighted by molar-refractivity contribution is -0.137. The number of thiophene rings is 1. The van der Waals surface area contributed by atoms with Crippen LogP contribution in [0.1, 0.15) is 95.6 Å². The van der Waals surface area contributed by atoms with E-state index in [1.54, 1.807) is 11.3 Å². The Bertz CT molecular complexity index is 1320. The van der Waals surface area contributed by atoms with Crippen molar-refractivity contribution in [3.05, 3.63) is 67.5 Å². The molecule has 2 unspecified atom stereocenters. The molecular weight excluding hydrogens is 521 g/mol. The minimum absolute atomic E-state index is 0.262. The highest BCUT2D eigenvalue weighted by atomic mass is 32.1. The minimum Gasteiger partial charge on any atom is -0.369 e. The van der Waals surface area contributed by atoms with Crippen LogP contribution in [0, 0.1) is 20.8 Å². The molecule has 6 rings (SSSR count). The summed E-state index contributed by atoms with van der Waals surface area (Å²) in [5, 5.41) is 8.88. The van der Waals surface area contributed by atoms with Gasteiger partial charge in [0, 0.05) is 34.3 Å². The number of carbonyl (C=O) groups is 1. The van der Waals surface area contributed by atoms with E-state index in [0.29, 0.717) is 23.9 Å². The summed E-state index contributed by atoms with van der Waals surface area (Å²) in [4.78, 5) is 23.1. The maximum Gasteiger partial charge on any atom is 0.233 e. The van der Waals surface area contributed by atoms with Crippen molar-refractivity contribution in [3.63, 3.8) is 0 Å². The number of hydrogen-bond acceptors (Lipinski definition) is 6. The van der Waals surface area contributed by atoms with Crippen molar-refractivity contribution in [1.29, 1.82) is 0 Å². The van der Waals surface area contributed by atoms with Gasteiger partial charge in [-0.05, 0) is 96.9 Å². The van der Waals surface area contributed by atoms with E-state index in [1.807, 2.05) is 16.8 Å². The number of nitrogens with one attached hydrogen (secondary N) is 2. The van der Waals surface area contributed by atoms with Crippen LogP contribution in [-0.2, 0) is 16.6 Å². The zero-order valence-electron chi connectivity index (χ0n) is 24.0. The molecule has 7 heteroatoms. The fraction of sp³-hybridized carbons (Fsp3) is 0.562. The SMILES string of the molecule is Cc1cc(C)cc(C2Nc3sc(C(C)(C)C(=O)N4C5CCC4CC5)cc3C2CCNCCc2scnc2C)c1. The molecule has 5 heterocycles. The van der Waals surface area contributed by atoms with E-state index in [4.69, 9.17) is 0 Å². The first-order chi connectivity index (χ1) is 18.7. The van der Waals surface area contributed by atoms with Crippen molar-refractivity contribution >= 4 is 33.6 Å². The van der Waals surface area contributed by atoms with E-state index in [-0.39, 0.29) is 6.04 Å². The van der Waals surface area contributed by atoms with Gasteiger partial charge < -0.3 is 15.5 Å². The summed E-state index contributed by atoms with van der Waals surface area (Å²) < 4.78 is 0. The van der Waals surface area contributed by atoms with Crippen LogP contribution >= 0.6 is 22.7 Å². The van der Waals surface area contributed by atoms with E-state index in [9.17, 15) is 4.79 Å². The number of amides is 1. The molecule has 0 radical (unpaired) electrons. The van der Waals surface area contributed by atoms with E-state index >= 15 is 0 Å². The Morgan fingerprint density at radius 1 is 1.05 bits per heavy atom. The lowest BCUT2D eigenvalue weighted by atomic mass is 9.85. The number of rotatable bonds is 9. The Kier molecular flexibility index (Phi) is 7.36. The van der Waals surface area contributed by atoms with Gasteiger partial charge in [0.2, 0.25) is 5.91 Å². The van der Waals surface area contributed by atoms with Crippen LogP contribution in [0.5, 0.6) is 0 Å². The van der Waals surface area contributed by atoms with Crippen LogP contribution in [0.3, 0.4) is 0 Å². The standard InChI is InChI=1S/C32H42N4OS2/c1-19-14-20(2)16-22(15-19)29-25(10-12-33-13-11-27-21(3)34-18-38-27)26-17-28(39-30(26)35-29)32(4,5)31(37)36-23-6-7-24(36)9-8-23/h14-18,23-25,29,33,35H,6-13H2,1-5H3. The van der Waals surface area contributed by atoms with E-state index in [0.717, 1.165) is 31.6 Å². The maximum atomic E-state index is 13.9. The number of nitrogens with zero attached hydrogens (tertiary/aromatic N) is 2. The molecule has 0 aliphatic carbocycles. The fourth-order valence-corrected chi connectivity index (χ4v) is 9.22. The summed E-state index contributed by atoms with van der Waals surface area (Å²) in [6, 6.07) is 10.5. The number of hydrogen-bond donors (Lipinski definition) is 2. The topological polar surface area (TPSA) is 57.3 Å². The second-order valence-electron chi connectivity index (χ2n) is 12.5. The monoisotopic (exact) mass is 562 g/mol. The molecule has 3 aromatic rings. The molecule has 0 spiro atoms. The number of anilines is 1. The molecule has 208 valence electrons. The second kappa shape index (κ2) is 10.6. The van der Waals surface area contributed by atoms with E-state index < -0.39 is 5.41 Å². The number of carbonyl (C=O) groups excluding carboxylic acids is 1. The lowest BCUT2D eigenvalue weighted by Crippen LogP contribution is -2.45. The van der Waals surface area contributed by atoms with Crippen LogP contribution in [-0.4, -0.2) is 41.0 Å². The third-order valence-corrected chi connectivity index (χ3v) is 11.7. The summed E-state index contributed by atoms with van der Waals surface area (Å²) in [5.74, 6) is 0.701. The highest BCUT2D eigenvalue weighted by Gasteiger charge is 2.48. The van der Waals surface area contributed by atoms with Gasteiger partial charge in [0.1, 0.15) is 0 Å². The number of thiazole rings is 1. The first-order valence-electron chi connectivity index (χ1n) is 14.6. The summed E-state index contributed by atoms with van der Waals surface area (Å²) in [6.07, 6.45) is 6.82. The zero-order chi connectivity index (χ0) is 27.3. The van der Waals surface area contributed by atoms with Gasteiger partial charge in [0.25, 0.3) is 0 Å². The van der Waals surface area contributed by atoms with Crippen molar-refractivity contribution in [2.24, 2.45) is 0 Å². The molecule has 39 heavy (non-hydrogen) atoms. The average molecular weight is 563 g/mol. The highest BCUT2D eigenvalue weighted by Crippen LogP contribution is 2.52. The Balaban J connectivity index is 1.21. The first-order valence-corrected chi connectivity index (χ1v) is 16.3. The normalized spacial score (nSPS) is 23.9. The molecule has 2 bridgehead atoms. The smallest absolute Gasteiger partial charge is 0.233 e. The van der Waals surface area contributed by atoms with Crippen molar-refractivity contribution in [1.82, 2.24) is 15.2 Å². The molecule has 3 aliphatic rings. The predicted octanol–water partition coefficient (Wildman–Crippen LogP) is 7.03.